The first kappa shape index (κ1) is 14.2. The van der Waals surface area contributed by atoms with Gasteiger partial charge < -0.3 is 9.88 Å². The summed E-state index contributed by atoms with van der Waals surface area (Å²) in [5.74, 6) is 1.99. The van der Waals surface area contributed by atoms with Crippen molar-refractivity contribution < 1.29 is 0 Å². The Kier molecular flexibility index (Phi) is 6.27. The SMILES string of the molecule is CCNC(Cc1nccn1CC)CC(C)CC. The minimum absolute atomic E-state index is 0.558. The highest BCUT2D eigenvalue weighted by Crippen LogP contribution is 2.13. The van der Waals surface area contributed by atoms with Gasteiger partial charge >= 0.3 is 0 Å². The van der Waals surface area contributed by atoms with Gasteiger partial charge in [-0.1, -0.05) is 27.2 Å². The number of aromatic nitrogens is 2. The van der Waals surface area contributed by atoms with Crippen LogP contribution in [0.15, 0.2) is 12.4 Å². The quantitative estimate of drug-likeness (QED) is 0.753. The zero-order valence-corrected chi connectivity index (χ0v) is 11.7. The van der Waals surface area contributed by atoms with Gasteiger partial charge in [0.1, 0.15) is 5.82 Å². The first-order chi connectivity index (χ1) is 8.21. The molecule has 0 aliphatic rings. The van der Waals surface area contributed by atoms with E-state index in [0.717, 1.165) is 25.4 Å². The highest BCUT2D eigenvalue weighted by molar-refractivity contribution is 4.95. The van der Waals surface area contributed by atoms with Crippen molar-refractivity contribution >= 4 is 0 Å². The summed E-state index contributed by atoms with van der Waals surface area (Å²) >= 11 is 0. The predicted molar refractivity (Wildman–Crippen MR) is 73.1 cm³/mol. The molecular weight excluding hydrogens is 210 g/mol. The Bertz CT molecular complexity index is 306. The second-order valence-electron chi connectivity index (χ2n) is 4.84. The molecule has 98 valence electrons. The molecule has 1 aromatic rings. The van der Waals surface area contributed by atoms with E-state index in [9.17, 15) is 0 Å². The fraction of sp³-hybridized carbons (Fsp3) is 0.786. The summed E-state index contributed by atoms with van der Waals surface area (Å²) < 4.78 is 2.24. The standard InChI is InChI=1S/C14H27N3/c1-5-12(4)10-13(15-6-2)11-14-16-8-9-17(14)7-3/h8-9,12-13,15H,5-7,10-11H2,1-4H3. The molecule has 2 unspecified atom stereocenters. The molecular formula is C14H27N3. The fourth-order valence-electron chi connectivity index (χ4n) is 2.22. The van der Waals surface area contributed by atoms with E-state index in [1.54, 1.807) is 0 Å². The predicted octanol–water partition coefficient (Wildman–Crippen LogP) is 2.86. The molecule has 0 aliphatic heterocycles. The summed E-state index contributed by atoms with van der Waals surface area (Å²) in [4.78, 5) is 4.47. The van der Waals surface area contributed by atoms with Gasteiger partial charge in [-0.3, -0.25) is 0 Å². The lowest BCUT2D eigenvalue weighted by atomic mass is 9.97. The number of imidazole rings is 1. The molecule has 0 saturated carbocycles. The summed E-state index contributed by atoms with van der Waals surface area (Å²) in [7, 11) is 0. The number of nitrogens with zero attached hydrogens (tertiary/aromatic N) is 2. The number of hydrogen-bond acceptors (Lipinski definition) is 2. The monoisotopic (exact) mass is 237 g/mol. The second kappa shape index (κ2) is 7.49. The first-order valence-electron chi connectivity index (χ1n) is 6.94. The topological polar surface area (TPSA) is 29.9 Å². The molecule has 3 nitrogen and oxygen atoms in total. The van der Waals surface area contributed by atoms with Crippen LogP contribution in [0.1, 0.15) is 46.4 Å². The van der Waals surface area contributed by atoms with Gasteiger partial charge in [0.05, 0.1) is 0 Å². The van der Waals surface area contributed by atoms with Crippen molar-refractivity contribution in [1.29, 1.82) is 0 Å². The van der Waals surface area contributed by atoms with Gasteiger partial charge in [-0.05, 0) is 25.8 Å². The van der Waals surface area contributed by atoms with Crippen molar-refractivity contribution in [3.63, 3.8) is 0 Å². The minimum Gasteiger partial charge on any atom is -0.335 e. The Balaban J connectivity index is 2.59. The Morgan fingerprint density at radius 3 is 2.71 bits per heavy atom. The molecule has 0 radical (unpaired) electrons. The second-order valence-corrected chi connectivity index (χ2v) is 4.84. The molecule has 0 amide bonds. The largest absolute Gasteiger partial charge is 0.335 e. The van der Waals surface area contributed by atoms with E-state index in [1.165, 1.54) is 18.7 Å². The first-order valence-corrected chi connectivity index (χ1v) is 6.94. The van der Waals surface area contributed by atoms with Crippen LogP contribution in [0.25, 0.3) is 0 Å². The molecule has 1 aromatic heterocycles. The molecule has 1 rings (SSSR count). The Labute approximate surface area is 106 Å². The normalized spacial score (nSPS) is 14.8. The molecule has 17 heavy (non-hydrogen) atoms. The van der Waals surface area contributed by atoms with E-state index in [-0.39, 0.29) is 0 Å². The minimum atomic E-state index is 0.558. The van der Waals surface area contributed by atoms with Gasteiger partial charge in [0.25, 0.3) is 0 Å². The Hall–Kier alpha value is -0.830. The molecule has 0 fully saturated rings. The molecule has 1 N–H and O–H groups in total. The van der Waals surface area contributed by atoms with Gasteiger partial charge in [-0.15, -0.1) is 0 Å². The summed E-state index contributed by atoms with van der Waals surface area (Å²) in [5, 5.41) is 3.58. The van der Waals surface area contributed by atoms with E-state index >= 15 is 0 Å². The molecule has 0 spiro atoms. The lowest BCUT2D eigenvalue weighted by Gasteiger charge is -2.21. The highest BCUT2D eigenvalue weighted by Gasteiger charge is 2.14. The van der Waals surface area contributed by atoms with Crippen LogP contribution in [0.2, 0.25) is 0 Å². The number of likely N-dealkylation sites (N-methyl/N-ethyl adjacent to an activating group) is 1. The van der Waals surface area contributed by atoms with Crippen molar-refractivity contribution in [2.45, 2.75) is 59.5 Å². The number of nitrogens with one attached hydrogen (secondary N) is 1. The third kappa shape index (κ3) is 4.50. The lowest BCUT2D eigenvalue weighted by Crippen LogP contribution is -2.33. The Morgan fingerprint density at radius 2 is 2.12 bits per heavy atom. The van der Waals surface area contributed by atoms with E-state index in [2.05, 4.69) is 48.8 Å². The fourth-order valence-corrected chi connectivity index (χ4v) is 2.22. The Morgan fingerprint density at radius 1 is 1.35 bits per heavy atom. The van der Waals surface area contributed by atoms with Crippen LogP contribution in [0.3, 0.4) is 0 Å². The third-order valence-corrected chi connectivity index (χ3v) is 3.45. The maximum Gasteiger partial charge on any atom is 0.110 e. The van der Waals surface area contributed by atoms with Crippen LogP contribution in [-0.4, -0.2) is 22.1 Å². The van der Waals surface area contributed by atoms with E-state index < -0.39 is 0 Å². The average molecular weight is 237 g/mol. The summed E-state index contributed by atoms with van der Waals surface area (Å²) in [6, 6.07) is 0.558. The molecule has 0 aliphatic carbocycles. The van der Waals surface area contributed by atoms with E-state index in [4.69, 9.17) is 0 Å². The van der Waals surface area contributed by atoms with Gasteiger partial charge in [-0.2, -0.15) is 0 Å². The molecule has 3 heteroatoms. The number of hydrogen-bond donors (Lipinski definition) is 1. The summed E-state index contributed by atoms with van der Waals surface area (Å²) in [6.45, 7) is 11.0. The van der Waals surface area contributed by atoms with Crippen LogP contribution in [0, 0.1) is 5.92 Å². The van der Waals surface area contributed by atoms with Crippen LogP contribution < -0.4 is 5.32 Å². The molecule has 0 saturated heterocycles. The zero-order chi connectivity index (χ0) is 12.7. The average Bonchev–Trinajstić information content (AvgIpc) is 2.76. The number of aryl methyl sites for hydroxylation is 1. The molecule has 0 bridgehead atoms. The van der Waals surface area contributed by atoms with Crippen LogP contribution in [-0.2, 0) is 13.0 Å². The highest BCUT2D eigenvalue weighted by atomic mass is 15.1. The van der Waals surface area contributed by atoms with E-state index in [1.807, 2.05) is 6.20 Å². The molecule has 0 aromatic carbocycles. The third-order valence-electron chi connectivity index (χ3n) is 3.45. The van der Waals surface area contributed by atoms with Crippen molar-refractivity contribution in [2.75, 3.05) is 6.54 Å². The maximum atomic E-state index is 4.47. The lowest BCUT2D eigenvalue weighted by molar-refractivity contribution is 0.389. The molecule has 1 heterocycles. The van der Waals surface area contributed by atoms with Crippen molar-refractivity contribution in [2.24, 2.45) is 5.92 Å². The van der Waals surface area contributed by atoms with Crippen molar-refractivity contribution in [3.8, 4) is 0 Å². The summed E-state index contributed by atoms with van der Waals surface area (Å²) in [5.41, 5.74) is 0. The van der Waals surface area contributed by atoms with Gasteiger partial charge in [0.15, 0.2) is 0 Å². The van der Waals surface area contributed by atoms with Crippen molar-refractivity contribution in [3.05, 3.63) is 18.2 Å². The van der Waals surface area contributed by atoms with Crippen molar-refractivity contribution in [1.82, 2.24) is 14.9 Å². The van der Waals surface area contributed by atoms with Crippen LogP contribution in [0.4, 0.5) is 0 Å². The van der Waals surface area contributed by atoms with E-state index in [0.29, 0.717) is 6.04 Å². The summed E-state index contributed by atoms with van der Waals surface area (Å²) in [6.07, 6.45) is 7.51. The van der Waals surface area contributed by atoms with Gasteiger partial charge in [-0.25, -0.2) is 4.98 Å². The van der Waals surface area contributed by atoms with Gasteiger partial charge in [0, 0.05) is 31.4 Å². The van der Waals surface area contributed by atoms with Crippen LogP contribution >= 0.6 is 0 Å². The maximum absolute atomic E-state index is 4.47. The number of rotatable bonds is 8. The zero-order valence-electron chi connectivity index (χ0n) is 11.7. The van der Waals surface area contributed by atoms with Crippen LogP contribution in [0.5, 0.6) is 0 Å². The smallest absolute Gasteiger partial charge is 0.110 e. The van der Waals surface area contributed by atoms with Gasteiger partial charge in [0.2, 0.25) is 0 Å². The molecule has 2 atom stereocenters.